The molecular formula is C15H29N2O8+. The third-order valence-corrected chi connectivity index (χ3v) is 4.14. The molecule has 1 aliphatic heterocycles. The van der Waals surface area contributed by atoms with Crippen molar-refractivity contribution in [3.63, 3.8) is 0 Å². The maximum absolute atomic E-state index is 11.3. The van der Waals surface area contributed by atoms with Crippen LogP contribution in [0.1, 0.15) is 19.8 Å². The van der Waals surface area contributed by atoms with E-state index < -0.39 is 42.7 Å². The lowest BCUT2D eigenvalue weighted by molar-refractivity contribution is -0.944. The molecule has 0 aromatic carbocycles. The molecule has 0 aromatic heterocycles. The average molecular weight is 365 g/mol. The number of hydrogen-bond acceptors (Lipinski definition) is 7. The van der Waals surface area contributed by atoms with Gasteiger partial charge in [0, 0.05) is 13.0 Å². The van der Waals surface area contributed by atoms with Crippen LogP contribution in [0, 0.1) is 0 Å². The molecule has 0 spiro atoms. The fraction of sp³-hybridized carbons (Fsp3) is 0.867. The Hall–Kier alpha value is -1.46. The van der Waals surface area contributed by atoms with Crippen LogP contribution in [0.15, 0.2) is 0 Å². The number of amides is 1. The quantitative estimate of drug-likeness (QED) is 0.258. The molecule has 146 valence electrons. The van der Waals surface area contributed by atoms with Gasteiger partial charge in [-0.1, -0.05) is 6.92 Å². The number of hydrogen-bond donors (Lipinski definition) is 5. The molecule has 0 aromatic rings. The third kappa shape index (κ3) is 5.79. The summed E-state index contributed by atoms with van der Waals surface area (Å²) in [4.78, 5) is 22.5. The highest BCUT2D eigenvalue weighted by atomic mass is 16.6. The Labute approximate surface area is 146 Å². The number of carbonyl (C=O) groups excluding carboxylic acids is 1. The maximum atomic E-state index is 11.3. The van der Waals surface area contributed by atoms with Gasteiger partial charge in [0.15, 0.2) is 12.2 Å². The number of aliphatic hydroxyl groups is 3. The minimum atomic E-state index is -1.71. The Morgan fingerprint density at radius 2 is 1.80 bits per heavy atom. The van der Waals surface area contributed by atoms with Crippen LogP contribution in [0.4, 0.5) is 4.79 Å². The Morgan fingerprint density at radius 3 is 2.36 bits per heavy atom. The number of likely N-dealkylation sites (N-methyl/N-ethyl adjacent to an activating group) is 1. The molecule has 0 aliphatic carbocycles. The molecule has 1 saturated heterocycles. The van der Waals surface area contributed by atoms with Crippen molar-refractivity contribution in [1.82, 2.24) is 5.32 Å². The van der Waals surface area contributed by atoms with Crippen LogP contribution in [-0.4, -0.2) is 101 Å². The molecule has 0 saturated carbocycles. The van der Waals surface area contributed by atoms with Gasteiger partial charge in [-0.15, -0.1) is 0 Å². The summed E-state index contributed by atoms with van der Waals surface area (Å²) in [7, 11) is 3.40. The number of rotatable bonds is 8. The lowest BCUT2D eigenvalue weighted by Gasteiger charge is -2.46. The van der Waals surface area contributed by atoms with E-state index in [1.54, 1.807) is 14.1 Å². The molecule has 1 heterocycles. The SMILES string of the molecule is CCCOC(=O)NCCC[N+](C)(C)[C@@H]1O[C@H](C(=O)O)[C@@H](O)[C@H](O)[C@H]1O. The van der Waals surface area contributed by atoms with Crippen LogP contribution in [0.2, 0.25) is 0 Å². The number of ether oxygens (including phenoxy) is 2. The van der Waals surface area contributed by atoms with Crippen LogP contribution in [0.25, 0.3) is 0 Å². The average Bonchev–Trinajstić information content (AvgIpc) is 2.54. The van der Waals surface area contributed by atoms with Gasteiger partial charge in [0.1, 0.15) is 12.2 Å². The van der Waals surface area contributed by atoms with Crippen molar-refractivity contribution in [2.75, 3.05) is 33.8 Å². The molecule has 1 aliphatic rings. The monoisotopic (exact) mass is 365 g/mol. The number of nitrogens with one attached hydrogen (secondary N) is 1. The zero-order valence-corrected chi connectivity index (χ0v) is 14.8. The molecule has 0 radical (unpaired) electrons. The first-order valence-corrected chi connectivity index (χ1v) is 8.27. The summed E-state index contributed by atoms with van der Waals surface area (Å²) in [5.74, 6) is -1.41. The highest BCUT2D eigenvalue weighted by Gasteiger charge is 2.52. The molecule has 0 unspecified atom stereocenters. The normalized spacial score (nSPS) is 29.9. The highest BCUT2D eigenvalue weighted by Crippen LogP contribution is 2.26. The van der Waals surface area contributed by atoms with E-state index in [2.05, 4.69) is 5.32 Å². The molecule has 0 bridgehead atoms. The molecule has 10 heteroatoms. The molecule has 25 heavy (non-hydrogen) atoms. The molecule has 1 rings (SSSR count). The topological polar surface area (TPSA) is 146 Å². The van der Waals surface area contributed by atoms with E-state index in [1.807, 2.05) is 6.92 Å². The van der Waals surface area contributed by atoms with E-state index >= 15 is 0 Å². The summed E-state index contributed by atoms with van der Waals surface area (Å²) < 4.78 is 10.3. The number of carboxylic acids is 1. The van der Waals surface area contributed by atoms with Crippen molar-refractivity contribution < 1.29 is 44.0 Å². The van der Waals surface area contributed by atoms with Gasteiger partial charge in [0.2, 0.25) is 6.23 Å². The van der Waals surface area contributed by atoms with Crippen LogP contribution in [0.5, 0.6) is 0 Å². The Morgan fingerprint density at radius 1 is 1.16 bits per heavy atom. The largest absolute Gasteiger partial charge is 0.479 e. The number of quaternary nitrogens is 1. The first-order chi connectivity index (χ1) is 11.6. The lowest BCUT2D eigenvalue weighted by Crippen LogP contribution is -2.68. The molecule has 1 fully saturated rings. The second-order valence-corrected chi connectivity index (χ2v) is 6.68. The van der Waals surface area contributed by atoms with Gasteiger partial charge in [0.25, 0.3) is 0 Å². The summed E-state index contributed by atoms with van der Waals surface area (Å²) in [5.41, 5.74) is 0. The first kappa shape index (κ1) is 21.6. The van der Waals surface area contributed by atoms with E-state index in [9.17, 15) is 24.9 Å². The molecule has 1 amide bonds. The van der Waals surface area contributed by atoms with Gasteiger partial charge in [-0.05, 0) is 6.42 Å². The molecular weight excluding hydrogens is 336 g/mol. The third-order valence-electron chi connectivity index (χ3n) is 4.14. The Balaban J connectivity index is 2.58. The van der Waals surface area contributed by atoms with E-state index in [0.29, 0.717) is 26.1 Å². The Bertz CT molecular complexity index is 459. The smallest absolute Gasteiger partial charge is 0.407 e. The minimum Gasteiger partial charge on any atom is -0.479 e. The number of aliphatic hydroxyl groups excluding tert-OH is 3. The summed E-state index contributed by atoms with van der Waals surface area (Å²) in [6.45, 7) is 2.98. The number of carboxylic acid groups (broad SMARTS) is 1. The van der Waals surface area contributed by atoms with Gasteiger partial charge < -0.3 is 39.7 Å². The fourth-order valence-corrected chi connectivity index (χ4v) is 2.69. The van der Waals surface area contributed by atoms with E-state index in [4.69, 9.17) is 14.6 Å². The fourth-order valence-electron chi connectivity index (χ4n) is 2.69. The van der Waals surface area contributed by atoms with Gasteiger partial charge in [-0.3, -0.25) is 0 Å². The molecule has 10 nitrogen and oxygen atoms in total. The van der Waals surface area contributed by atoms with Crippen LogP contribution < -0.4 is 5.32 Å². The van der Waals surface area contributed by atoms with E-state index in [1.165, 1.54) is 0 Å². The zero-order valence-electron chi connectivity index (χ0n) is 14.8. The van der Waals surface area contributed by atoms with Gasteiger partial charge in [-0.2, -0.15) is 0 Å². The van der Waals surface area contributed by atoms with Crippen molar-refractivity contribution in [2.45, 2.75) is 50.4 Å². The predicted molar refractivity (Wildman–Crippen MR) is 85.6 cm³/mol. The summed E-state index contributed by atoms with van der Waals surface area (Å²) in [5, 5.41) is 41.5. The summed E-state index contributed by atoms with van der Waals surface area (Å²) >= 11 is 0. The van der Waals surface area contributed by atoms with Crippen molar-refractivity contribution in [1.29, 1.82) is 0 Å². The highest BCUT2D eigenvalue weighted by molar-refractivity contribution is 5.73. The van der Waals surface area contributed by atoms with Crippen molar-refractivity contribution in [2.24, 2.45) is 0 Å². The molecule has 5 atom stereocenters. The number of nitrogens with zero attached hydrogens (tertiary/aromatic N) is 1. The lowest BCUT2D eigenvalue weighted by atomic mass is 9.96. The van der Waals surface area contributed by atoms with Crippen LogP contribution in [-0.2, 0) is 14.3 Å². The van der Waals surface area contributed by atoms with Crippen molar-refractivity contribution in [3.8, 4) is 0 Å². The van der Waals surface area contributed by atoms with E-state index in [0.717, 1.165) is 6.42 Å². The first-order valence-electron chi connectivity index (χ1n) is 8.27. The summed E-state index contributed by atoms with van der Waals surface area (Å²) in [6.07, 6.45) is -6.70. The maximum Gasteiger partial charge on any atom is 0.407 e. The van der Waals surface area contributed by atoms with Crippen LogP contribution in [0.3, 0.4) is 0 Å². The van der Waals surface area contributed by atoms with Gasteiger partial charge in [-0.25, -0.2) is 9.59 Å². The Kier molecular flexibility index (Phi) is 8.03. The summed E-state index contributed by atoms with van der Waals surface area (Å²) in [6, 6.07) is 0. The van der Waals surface area contributed by atoms with Crippen molar-refractivity contribution >= 4 is 12.1 Å². The standard InChI is InChI=1S/C15H28N2O8/c1-4-8-24-15(23)16-6-5-7-17(2,3)13-11(20)9(18)10(19)12(25-13)14(21)22/h9-13,18-20H,4-8H2,1-3H3,(H-,16,21,22,23)/p+1/t9-,10-,11+,12-,13+/m0/s1. The van der Waals surface area contributed by atoms with Gasteiger partial charge >= 0.3 is 12.1 Å². The predicted octanol–water partition coefficient (Wildman–Crippen LogP) is -1.52. The number of aliphatic carboxylic acids is 1. The van der Waals surface area contributed by atoms with Gasteiger partial charge in [0.05, 0.1) is 27.2 Å². The second-order valence-electron chi connectivity index (χ2n) is 6.68. The van der Waals surface area contributed by atoms with Crippen molar-refractivity contribution in [3.05, 3.63) is 0 Å². The van der Waals surface area contributed by atoms with Crippen LogP contribution >= 0.6 is 0 Å². The number of alkyl carbamates (subject to hydrolysis) is 1. The zero-order chi connectivity index (χ0) is 19.2. The molecule has 5 N–H and O–H groups in total. The van der Waals surface area contributed by atoms with E-state index in [-0.39, 0.29) is 4.48 Å². The second kappa shape index (κ2) is 9.30. The minimum absolute atomic E-state index is 0.0421. The number of carbonyl (C=O) groups is 2.